The van der Waals surface area contributed by atoms with E-state index in [1.54, 1.807) is 0 Å². The smallest absolute Gasteiger partial charge is 0.457 e. The van der Waals surface area contributed by atoms with E-state index in [1.165, 1.54) is 0 Å². The number of benzene rings is 8. The van der Waals surface area contributed by atoms with Crippen LogP contribution in [0.5, 0.6) is 46.0 Å². The number of amidine groups is 4. The van der Waals surface area contributed by atoms with Crippen LogP contribution in [0, 0.1) is 0 Å². The summed E-state index contributed by atoms with van der Waals surface area (Å²) >= 11 is -0.937. The summed E-state index contributed by atoms with van der Waals surface area (Å²) in [6.45, 7) is 0. The van der Waals surface area contributed by atoms with Gasteiger partial charge in [0, 0.05) is 43.8 Å². The van der Waals surface area contributed by atoms with Gasteiger partial charge in [-0.15, -0.1) is 0 Å². The first-order valence-electron chi connectivity index (χ1n) is 22.3. The molecule has 2 aromatic heterocycles. The maximum absolute atomic E-state index is 6.47. The minimum Gasteiger partial charge on any atom is -0.457 e. The lowest BCUT2D eigenvalue weighted by atomic mass is 10.1. The van der Waals surface area contributed by atoms with Gasteiger partial charge in [-0.05, 0) is 121 Å². The molecule has 12 nitrogen and oxygen atoms in total. The van der Waals surface area contributed by atoms with Crippen LogP contribution in [0.15, 0.2) is 224 Å². The van der Waals surface area contributed by atoms with Crippen LogP contribution in [0.4, 0.5) is 11.6 Å². The van der Waals surface area contributed by atoms with Gasteiger partial charge in [0.1, 0.15) is 68.6 Å². The lowest BCUT2D eigenvalue weighted by Gasteiger charge is -2.11. The molecule has 69 heavy (non-hydrogen) atoms. The average Bonchev–Trinajstić information content (AvgIpc) is 4.07. The van der Waals surface area contributed by atoms with Crippen LogP contribution in [-0.4, -0.2) is 46.1 Å². The highest BCUT2D eigenvalue weighted by Crippen LogP contribution is 2.43. The zero-order valence-corrected chi connectivity index (χ0v) is 37.4. The van der Waals surface area contributed by atoms with Gasteiger partial charge in [-0.25, -0.2) is 30.0 Å². The van der Waals surface area contributed by atoms with Gasteiger partial charge in [-0.2, -0.15) is 0 Å². The molecule has 4 aliphatic heterocycles. The lowest BCUT2D eigenvalue weighted by molar-refractivity contribution is 0.482. The molecule has 8 aromatic carbocycles. The molecule has 0 spiro atoms. The van der Waals surface area contributed by atoms with E-state index in [0.717, 1.165) is 55.3 Å². The number of ether oxygens (including phenoxy) is 4. The van der Waals surface area contributed by atoms with Gasteiger partial charge in [-0.3, -0.25) is 0 Å². The van der Waals surface area contributed by atoms with Crippen molar-refractivity contribution in [2.75, 3.05) is 0 Å². The average molecular weight is 908 g/mol. The second kappa shape index (κ2) is 15.7. The van der Waals surface area contributed by atoms with Crippen molar-refractivity contribution in [1.82, 2.24) is 7.10 Å². The van der Waals surface area contributed by atoms with E-state index in [1.807, 2.05) is 194 Å². The van der Waals surface area contributed by atoms with Crippen molar-refractivity contribution in [2.45, 2.75) is 0 Å². The van der Waals surface area contributed by atoms with Crippen molar-refractivity contribution >= 4 is 72.2 Å². The van der Waals surface area contributed by atoms with Gasteiger partial charge < -0.3 is 26.0 Å². The third kappa shape index (κ3) is 6.83. The molecule has 0 fully saturated rings. The summed E-state index contributed by atoms with van der Waals surface area (Å²) in [4.78, 5) is 32.4. The van der Waals surface area contributed by atoms with E-state index < -0.39 is 15.7 Å². The molecule has 0 unspecified atom stereocenters. The molecule has 6 bridgehead atoms. The number of hydrogen-bond donors (Lipinski definition) is 0. The Balaban J connectivity index is 1.06. The zero-order chi connectivity index (χ0) is 45.4. The van der Waals surface area contributed by atoms with Gasteiger partial charge in [0.15, 0.2) is 23.3 Å². The van der Waals surface area contributed by atoms with Gasteiger partial charge in [-0.1, -0.05) is 72.8 Å². The fourth-order valence-electron chi connectivity index (χ4n) is 9.06. The number of aromatic nitrogens is 2. The zero-order valence-electron chi connectivity index (χ0n) is 36.3. The highest BCUT2D eigenvalue weighted by atomic mass is 27.1. The third-order valence-corrected chi connectivity index (χ3v) is 13.7. The van der Waals surface area contributed by atoms with Crippen LogP contribution in [0.1, 0.15) is 22.3 Å². The Hall–Kier alpha value is -9.15. The van der Waals surface area contributed by atoms with Crippen LogP contribution >= 0.6 is 0 Å². The minimum atomic E-state index is -0.937. The number of rotatable bonds is 8. The van der Waals surface area contributed by atoms with Crippen molar-refractivity contribution in [3.05, 3.63) is 227 Å². The molecule has 1 radical (unpaired) electrons. The number of hydrogen-bond acceptors (Lipinski definition) is 10. The van der Waals surface area contributed by atoms with Crippen molar-refractivity contribution in [3.63, 3.8) is 0 Å². The van der Waals surface area contributed by atoms with Crippen LogP contribution in [0.25, 0.3) is 21.5 Å². The molecule has 14 rings (SSSR count). The maximum Gasteiger partial charge on any atom is 0.568 e. The quantitative estimate of drug-likeness (QED) is 0.141. The van der Waals surface area contributed by atoms with Crippen molar-refractivity contribution in [3.8, 4) is 46.0 Å². The van der Waals surface area contributed by atoms with Crippen molar-refractivity contribution in [1.29, 1.82) is 0 Å². The molecule has 0 amide bonds. The van der Waals surface area contributed by atoms with Crippen molar-refractivity contribution in [2.24, 2.45) is 30.0 Å². The summed E-state index contributed by atoms with van der Waals surface area (Å²) in [7, 11) is 0. The van der Waals surface area contributed by atoms with Gasteiger partial charge in [0.2, 0.25) is 0 Å². The molecule has 6 heterocycles. The molecular weight excluding hydrogens is 876 g/mol. The maximum atomic E-state index is 6.47. The first-order valence-corrected chi connectivity index (χ1v) is 23.4. The molecule has 323 valence electrons. The summed E-state index contributed by atoms with van der Waals surface area (Å²) in [6.07, 6.45) is 0. The Morgan fingerprint density at radius 1 is 0.275 bits per heavy atom. The molecule has 4 aliphatic rings. The van der Waals surface area contributed by atoms with E-state index in [2.05, 4.69) is 7.10 Å². The van der Waals surface area contributed by atoms with E-state index in [4.69, 9.17) is 48.9 Å². The topological polar surface area (TPSA) is 121 Å². The second-order valence-corrected chi connectivity index (χ2v) is 17.9. The van der Waals surface area contributed by atoms with Crippen LogP contribution in [0.3, 0.4) is 0 Å². The fraction of sp³-hybridized carbons (Fsp3) is 0. The molecule has 0 atom stereocenters. The first kappa shape index (κ1) is 39.1. The fourth-order valence-corrected chi connectivity index (χ4v) is 10.5. The highest BCUT2D eigenvalue weighted by Gasteiger charge is 2.31. The Morgan fingerprint density at radius 2 is 0.652 bits per heavy atom. The molecular formula is C56H32AlN8O4. The summed E-state index contributed by atoms with van der Waals surface area (Å²) < 4.78 is 30.1. The Bertz CT molecular complexity index is 4040. The van der Waals surface area contributed by atoms with E-state index in [9.17, 15) is 0 Å². The Morgan fingerprint density at radius 3 is 1.16 bits per heavy atom. The normalized spacial score (nSPS) is 13.6. The highest BCUT2D eigenvalue weighted by molar-refractivity contribution is 6.37. The Labute approximate surface area is 399 Å². The van der Waals surface area contributed by atoms with Gasteiger partial charge >= 0.3 is 15.7 Å². The molecule has 10 aromatic rings. The predicted molar refractivity (Wildman–Crippen MR) is 267 cm³/mol. The molecule has 0 N–H and O–H groups in total. The van der Waals surface area contributed by atoms with Gasteiger partial charge in [0.05, 0.1) is 0 Å². The largest absolute Gasteiger partial charge is 0.568 e. The summed E-state index contributed by atoms with van der Waals surface area (Å²) in [5.74, 6) is 8.81. The first-order chi connectivity index (χ1) is 34.1. The Kier molecular flexibility index (Phi) is 8.91. The SMILES string of the molecule is c1ccc(Oc2ccc3c(c2)C2=NC3=Nc3c4cc(Oc5ccccc5)ccc4c4[n]3[Al][n]3c(c5ccc(Oc6ccccc6)cc5c3=NC3=NC(=N4)c4cc(Oc5ccccc5)ccc43)=N2)cc1. The van der Waals surface area contributed by atoms with E-state index in [-0.39, 0.29) is 0 Å². The van der Waals surface area contributed by atoms with E-state index in [0.29, 0.717) is 80.5 Å². The minimum absolute atomic E-state index is 0.498. The number of fused-ring (bicyclic) bond motifs is 14. The standard InChI is InChI=1S/C56H32N8O4.Al/c1-5-13-33(14-6-1)65-37-21-25-41-45(29-37)53-57-49(41)62-54-47-31-39(67-35-17-9-3-10-18-35)23-27-43(47)51(59-54)64-56-48-32-40(68-36-19-11-4-12-20-36)24-28-44(48)52(60-56)63-55-46-30-38(66-34-15-7-2-8-16-34)22-26-42(46)50(58-55)61-53;/h1-32H;/q-2;+2. The third-order valence-electron chi connectivity index (χ3n) is 12.2. The van der Waals surface area contributed by atoms with Crippen LogP contribution < -0.4 is 29.9 Å². The lowest BCUT2D eigenvalue weighted by Crippen LogP contribution is -2.36. The summed E-state index contributed by atoms with van der Waals surface area (Å²) in [5, 5.41) is 3.37. The van der Waals surface area contributed by atoms with Crippen LogP contribution in [0.2, 0.25) is 0 Å². The van der Waals surface area contributed by atoms with E-state index >= 15 is 0 Å². The van der Waals surface area contributed by atoms with Gasteiger partial charge in [0.25, 0.3) is 0 Å². The number of para-hydroxylation sites is 4. The monoisotopic (exact) mass is 907 g/mol. The predicted octanol–water partition coefficient (Wildman–Crippen LogP) is 11.6. The molecule has 13 heteroatoms. The molecule has 0 saturated heterocycles. The van der Waals surface area contributed by atoms with Crippen LogP contribution in [-0.2, 0) is 0 Å². The molecule has 0 aliphatic carbocycles. The molecule has 0 saturated carbocycles. The number of nitrogens with zero attached hydrogens (tertiary/aromatic N) is 8. The summed E-state index contributed by atoms with van der Waals surface area (Å²) in [5.41, 5.74) is 4.53. The second-order valence-electron chi connectivity index (χ2n) is 16.6. The number of aliphatic imine (C=N–C) groups is 4. The summed E-state index contributed by atoms with van der Waals surface area (Å²) in [6, 6.07) is 62.9. The van der Waals surface area contributed by atoms with Crippen molar-refractivity contribution < 1.29 is 18.9 Å².